The van der Waals surface area contributed by atoms with Crippen LogP contribution in [-0.2, 0) is 0 Å². The Labute approximate surface area is 64.0 Å². The number of aromatic nitrogens is 2. The molecular weight excluding hydrogens is 142 g/mol. The van der Waals surface area contributed by atoms with E-state index in [1.807, 2.05) is 0 Å². The molecule has 0 aliphatic heterocycles. The molecule has 1 aromatic rings. The largest absolute Gasteiger partial charge is 0.382 e. The Morgan fingerprint density at radius 2 is 2.18 bits per heavy atom. The molecule has 1 aromatic heterocycles. The van der Waals surface area contributed by atoms with E-state index in [0.29, 0.717) is 11.4 Å². The van der Waals surface area contributed by atoms with Crippen LogP contribution in [0.1, 0.15) is 11.4 Å². The van der Waals surface area contributed by atoms with Gasteiger partial charge < -0.3 is 11.5 Å². The van der Waals surface area contributed by atoms with Crippen LogP contribution in [0.2, 0.25) is 0 Å². The van der Waals surface area contributed by atoms with Crippen LogP contribution in [0.25, 0.3) is 0 Å². The molecule has 0 atom stereocenters. The van der Waals surface area contributed by atoms with Crippen LogP contribution < -0.4 is 11.5 Å². The number of nitrogens with one attached hydrogen (secondary N) is 1. The van der Waals surface area contributed by atoms with Gasteiger partial charge in [-0.25, -0.2) is 9.97 Å². The maximum absolute atomic E-state index is 7.06. The SMILES string of the molecule is Cc1cc(C(=N)N)nc(N)n1. The summed E-state index contributed by atoms with van der Waals surface area (Å²) in [5, 5.41) is 7.06. The van der Waals surface area contributed by atoms with Gasteiger partial charge in [-0.15, -0.1) is 0 Å². The maximum Gasteiger partial charge on any atom is 0.220 e. The van der Waals surface area contributed by atoms with Crippen molar-refractivity contribution in [2.24, 2.45) is 5.73 Å². The fraction of sp³-hybridized carbons (Fsp3) is 0.167. The molecule has 5 N–H and O–H groups in total. The van der Waals surface area contributed by atoms with Gasteiger partial charge in [0.1, 0.15) is 11.5 Å². The second-order valence-corrected chi connectivity index (χ2v) is 2.17. The van der Waals surface area contributed by atoms with Crippen molar-refractivity contribution in [3.8, 4) is 0 Å². The smallest absolute Gasteiger partial charge is 0.220 e. The number of nitrogens with two attached hydrogens (primary N) is 2. The summed E-state index contributed by atoms with van der Waals surface area (Å²) in [5.41, 5.74) is 11.6. The maximum atomic E-state index is 7.06. The number of hydrogen-bond acceptors (Lipinski definition) is 4. The molecule has 0 spiro atoms. The number of nitrogens with zero attached hydrogens (tertiary/aromatic N) is 2. The van der Waals surface area contributed by atoms with Crippen LogP contribution in [0, 0.1) is 12.3 Å². The number of amidine groups is 1. The van der Waals surface area contributed by atoms with Gasteiger partial charge in [-0.2, -0.15) is 0 Å². The predicted octanol–water partition coefficient (Wildman–Crippen LogP) is -0.349. The van der Waals surface area contributed by atoms with Gasteiger partial charge >= 0.3 is 0 Å². The summed E-state index contributed by atoms with van der Waals surface area (Å²) >= 11 is 0. The minimum Gasteiger partial charge on any atom is -0.382 e. The Kier molecular flexibility index (Phi) is 1.72. The average molecular weight is 151 g/mol. The van der Waals surface area contributed by atoms with E-state index in [0.717, 1.165) is 0 Å². The third-order valence-electron chi connectivity index (χ3n) is 1.15. The molecule has 0 saturated heterocycles. The molecule has 0 aliphatic carbocycles. The van der Waals surface area contributed by atoms with Gasteiger partial charge in [0.25, 0.3) is 0 Å². The van der Waals surface area contributed by atoms with Crippen molar-refractivity contribution in [2.45, 2.75) is 6.92 Å². The summed E-state index contributed by atoms with van der Waals surface area (Å²) in [6.07, 6.45) is 0. The van der Waals surface area contributed by atoms with Gasteiger partial charge in [0.15, 0.2) is 0 Å². The Morgan fingerprint density at radius 3 is 2.64 bits per heavy atom. The molecule has 5 nitrogen and oxygen atoms in total. The number of rotatable bonds is 1. The van der Waals surface area contributed by atoms with Crippen molar-refractivity contribution in [2.75, 3.05) is 5.73 Å². The van der Waals surface area contributed by atoms with E-state index in [-0.39, 0.29) is 11.8 Å². The third-order valence-corrected chi connectivity index (χ3v) is 1.15. The molecule has 0 amide bonds. The van der Waals surface area contributed by atoms with Crippen LogP contribution in [0.5, 0.6) is 0 Å². The fourth-order valence-corrected chi connectivity index (χ4v) is 0.729. The summed E-state index contributed by atoms with van der Waals surface area (Å²) in [6.45, 7) is 1.77. The van der Waals surface area contributed by atoms with Crippen LogP contribution in [-0.4, -0.2) is 15.8 Å². The summed E-state index contributed by atoms with van der Waals surface area (Å²) in [4.78, 5) is 7.58. The second kappa shape index (κ2) is 2.53. The molecule has 0 bridgehead atoms. The first kappa shape index (κ1) is 7.46. The average Bonchev–Trinajstić information content (AvgIpc) is 1.85. The summed E-state index contributed by atoms with van der Waals surface area (Å²) < 4.78 is 0. The lowest BCUT2D eigenvalue weighted by Crippen LogP contribution is -2.15. The minimum absolute atomic E-state index is 0.0952. The first-order valence-electron chi connectivity index (χ1n) is 3.05. The lowest BCUT2D eigenvalue weighted by molar-refractivity contribution is 1.10. The quantitative estimate of drug-likeness (QED) is 0.377. The molecule has 0 aliphatic rings. The van der Waals surface area contributed by atoms with E-state index in [4.69, 9.17) is 16.9 Å². The molecule has 0 fully saturated rings. The Morgan fingerprint density at radius 1 is 1.55 bits per heavy atom. The lowest BCUT2D eigenvalue weighted by Gasteiger charge is -1.99. The molecule has 58 valence electrons. The normalized spacial score (nSPS) is 9.55. The van der Waals surface area contributed by atoms with Crippen LogP contribution in [0.4, 0.5) is 5.95 Å². The highest BCUT2D eigenvalue weighted by molar-refractivity contribution is 5.93. The standard InChI is InChI=1S/C6H9N5/c1-3-2-4(5(7)8)11-6(9)10-3/h2H,1H3,(H3,7,8)(H2,9,10,11). The summed E-state index contributed by atoms with van der Waals surface area (Å²) in [7, 11) is 0. The van der Waals surface area contributed by atoms with E-state index in [1.165, 1.54) is 0 Å². The lowest BCUT2D eigenvalue weighted by atomic mass is 10.3. The van der Waals surface area contributed by atoms with E-state index in [9.17, 15) is 0 Å². The van der Waals surface area contributed by atoms with Crippen LogP contribution in [0.15, 0.2) is 6.07 Å². The van der Waals surface area contributed by atoms with Gasteiger partial charge in [0.2, 0.25) is 5.95 Å². The topological polar surface area (TPSA) is 102 Å². The van der Waals surface area contributed by atoms with E-state index in [1.54, 1.807) is 13.0 Å². The van der Waals surface area contributed by atoms with Crippen molar-refractivity contribution in [1.82, 2.24) is 9.97 Å². The molecular formula is C6H9N5. The van der Waals surface area contributed by atoms with Gasteiger partial charge in [-0.05, 0) is 13.0 Å². The Hall–Kier alpha value is -1.65. The van der Waals surface area contributed by atoms with Crippen molar-refractivity contribution in [3.63, 3.8) is 0 Å². The number of aryl methyl sites for hydroxylation is 1. The van der Waals surface area contributed by atoms with Gasteiger partial charge in [0.05, 0.1) is 0 Å². The number of anilines is 1. The van der Waals surface area contributed by atoms with Crippen molar-refractivity contribution < 1.29 is 0 Å². The van der Waals surface area contributed by atoms with E-state index in [2.05, 4.69) is 9.97 Å². The minimum atomic E-state index is -0.0952. The van der Waals surface area contributed by atoms with Crippen molar-refractivity contribution >= 4 is 11.8 Å². The molecule has 0 radical (unpaired) electrons. The fourth-order valence-electron chi connectivity index (χ4n) is 0.729. The molecule has 0 unspecified atom stereocenters. The molecule has 0 saturated carbocycles. The predicted molar refractivity (Wildman–Crippen MR) is 42.2 cm³/mol. The van der Waals surface area contributed by atoms with E-state index >= 15 is 0 Å². The molecule has 5 heteroatoms. The first-order chi connectivity index (χ1) is 5.09. The number of hydrogen-bond donors (Lipinski definition) is 3. The zero-order valence-corrected chi connectivity index (χ0v) is 6.13. The van der Waals surface area contributed by atoms with Gasteiger partial charge in [-0.1, -0.05) is 0 Å². The Bertz CT molecular complexity index is 273. The highest BCUT2D eigenvalue weighted by Crippen LogP contribution is 1.99. The van der Waals surface area contributed by atoms with Crippen LogP contribution in [0.3, 0.4) is 0 Å². The zero-order chi connectivity index (χ0) is 8.43. The highest BCUT2D eigenvalue weighted by atomic mass is 15.0. The first-order valence-corrected chi connectivity index (χ1v) is 3.05. The molecule has 1 heterocycles. The van der Waals surface area contributed by atoms with Gasteiger partial charge in [-0.3, -0.25) is 5.41 Å². The highest BCUT2D eigenvalue weighted by Gasteiger charge is 2.00. The monoisotopic (exact) mass is 151 g/mol. The van der Waals surface area contributed by atoms with Gasteiger partial charge in [0, 0.05) is 5.69 Å². The number of nitrogen functional groups attached to an aromatic ring is 2. The third kappa shape index (κ3) is 1.64. The summed E-state index contributed by atoms with van der Waals surface area (Å²) in [5.74, 6) is 0.0531. The molecule has 11 heavy (non-hydrogen) atoms. The summed E-state index contributed by atoms with van der Waals surface area (Å²) in [6, 6.07) is 1.61. The van der Waals surface area contributed by atoms with Crippen molar-refractivity contribution in [1.29, 1.82) is 5.41 Å². The zero-order valence-electron chi connectivity index (χ0n) is 6.13. The Balaban J connectivity index is 3.19. The second-order valence-electron chi connectivity index (χ2n) is 2.17. The molecule has 0 aromatic carbocycles. The van der Waals surface area contributed by atoms with E-state index < -0.39 is 0 Å². The van der Waals surface area contributed by atoms with Crippen LogP contribution >= 0.6 is 0 Å². The molecule has 1 rings (SSSR count). The van der Waals surface area contributed by atoms with Crippen molar-refractivity contribution in [3.05, 3.63) is 17.5 Å².